The monoisotopic (exact) mass is 422 g/mol. The Labute approximate surface area is 172 Å². The van der Waals surface area contributed by atoms with Crippen LogP contribution in [0.15, 0.2) is 30.3 Å². The Kier molecular flexibility index (Phi) is 7.49. The van der Waals surface area contributed by atoms with Crippen molar-refractivity contribution in [2.75, 3.05) is 39.3 Å². The highest BCUT2D eigenvalue weighted by atomic mass is 32.2. The van der Waals surface area contributed by atoms with Crippen molar-refractivity contribution in [3.05, 3.63) is 35.9 Å². The van der Waals surface area contributed by atoms with Gasteiger partial charge in [-0.1, -0.05) is 30.3 Å². The molecule has 1 aromatic rings. The van der Waals surface area contributed by atoms with Gasteiger partial charge in [-0.05, 0) is 31.2 Å². The van der Waals surface area contributed by atoms with Crippen LogP contribution in [0.2, 0.25) is 0 Å². The second-order valence-corrected chi connectivity index (χ2v) is 9.50. The lowest BCUT2D eigenvalue weighted by Gasteiger charge is -2.34. The standard InChI is InChI=1S/C20H30N4O4S/c25-19(18-9-6-14-24(15-18)20(26)23-12-4-5-13-23)21-10-11-22-29(27,28)16-17-7-2-1-3-8-17/h1-3,7-8,18,22H,4-6,9-16H2,(H,21,25)/t18-/m1/s1. The minimum atomic E-state index is -3.45. The summed E-state index contributed by atoms with van der Waals surface area (Å²) in [6.45, 7) is 3.09. The molecule has 0 saturated carbocycles. The van der Waals surface area contributed by atoms with Crippen molar-refractivity contribution in [1.82, 2.24) is 19.8 Å². The third-order valence-electron chi connectivity index (χ3n) is 5.39. The largest absolute Gasteiger partial charge is 0.354 e. The molecule has 0 spiro atoms. The van der Waals surface area contributed by atoms with Crippen molar-refractivity contribution >= 4 is 22.0 Å². The van der Waals surface area contributed by atoms with Crippen molar-refractivity contribution in [3.63, 3.8) is 0 Å². The summed E-state index contributed by atoms with van der Waals surface area (Å²) in [5, 5.41) is 2.80. The van der Waals surface area contributed by atoms with E-state index in [4.69, 9.17) is 0 Å². The quantitative estimate of drug-likeness (QED) is 0.644. The van der Waals surface area contributed by atoms with Crippen molar-refractivity contribution < 1.29 is 18.0 Å². The molecule has 2 N–H and O–H groups in total. The first-order valence-electron chi connectivity index (χ1n) is 10.3. The minimum absolute atomic E-state index is 0.0358. The molecule has 0 bridgehead atoms. The second kappa shape index (κ2) is 10.1. The summed E-state index contributed by atoms with van der Waals surface area (Å²) in [4.78, 5) is 28.6. The van der Waals surface area contributed by atoms with Gasteiger partial charge in [-0.15, -0.1) is 0 Å². The van der Waals surface area contributed by atoms with Gasteiger partial charge in [0.05, 0.1) is 11.7 Å². The molecule has 2 aliphatic rings. The predicted molar refractivity (Wildman–Crippen MR) is 111 cm³/mol. The number of benzene rings is 1. The average Bonchev–Trinajstić information content (AvgIpc) is 3.26. The lowest BCUT2D eigenvalue weighted by Crippen LogP contribution is -2.50. The number of carbonyl (C=O) groups is 2. The molecule has 1 aromatic carbocycles. The van der Waals surface area contributed by atoms with Gasteiger partial charge in [-0.3, -0.25) is 4.79 Å². The minimum Gasteiger partial charge on any atom is -0.354 e. The molecule has 160 valence electrons. The molecule has 2 aliphatic heterocycles. The zero-order valence-corrected chi connectivity index (χ0v) is 17.5. The third-order valence-corrected chi connectivity index (χ3v) is 6.74. The van der Waals surface area contributed by atoms with Crippen LogP contribution in [0, 0.1) is 5.92 Å². The fourth-order valence-electron chi connectivity index (χ4n) is 3.85. The van der Waals surface area contributed by atoms with Crippen LogP contribution in [0.4, 0.5) is 4.79 Å². The highest BCUT2D eigenvalue weighted by Crippen LogP contribution is 2.19. The van der Waals surface area contributed by atoms with E-state index in [9.17, 15) is 18.0 Å². The molecule has 8 nitrogen and oxygen atoms in total. The second-order valence-electron chi connectivity index (χ2n) is 7.69. The molecule has 2 fully saturated rings. The molecule has 3 amide bonds. The summed E-state index contributed by atoms with van der Waals surface area (Å²) >= 11 is 0. The van der Waals surface area contributed by atoms with Crippen LogP contribution in [0.1, 0.15) is 31.2 Å². The fraction of sp³-hybridized carbons (Fsp3) is 0.600. The smallest absolute Gasteiger partial charge is 0.320 e. The molecule has 0 radical (unpaired) electrons. The van der Waals surface area contributed by atoms with Crippen LogP contribution in [-0.2, 0) is 20.6 Å². The SMILES string of the molecule is O=C(NCCNS(=O)(=O)Cc1ccccc1)[C@@H]1CCCN(C(=O)N2CCCC2)C1. The molecule has 0 unspecified atom stereocenters. The number of sulfonamides is 1. The highest BCUT2D eigenvalue weighted by Gasteiger charge is 2.31. The lowest BCUT2D eigenvalue weighted by atomic mass is 9.97. The lowest BCUT2D eigenvalue weighted by molar-refractivity contribution is -0.126. The van der Waals surface area contributed by atoms with E-state index in [1.54, 1.807) is 29.2 Å². The van der Waals surface area contributed by atoms with Gasteiger partial charge in [0.1, 0.15) is 0 Å². The highest BCUT2D eigenvalue weighted by molar-refractivity contribution is 7.88. The maximum Gasteiger partial charge on any atom is 0.320 e. The summed E-state index contributed by atoms with van der Waals surface area (Å²) in [5.41, 5.74) is 0.717. The fourth-order valence-corrected chi connectivity index (χ4v) is 5.00. The number of amides is 3. The summed E-state index contributed by atoms with van der Waals surface area (Å²) in [7, 11) is -3.45. The maximum atomic E-state index is 12.5. The first kappa shape index (κ1) is 21.6. The van der Waals surface area contributed by atoms with Crippen LogP contribution in [-0.4, -0.2) is 69.4 Å². The van der Waals surface area contributed by atoms with Gasteiger partial charge in [0.2, 0.25) is 15.9 Å². The Bertz CT molecular complexity index is 794. The van der Waals surface area contributed by atoms with E-state index in [0.717, 1.165) is 38.8 Å². The van der Waals surface area contributed by atoms with Gasteiger partial charge in [0.25, 0.3) is 0 Å². The summed E-state index contributed by atoms with van der Waals surface area (Å²) in [5.74, 6) is -0.444. The number of nitrogens with one attached hydrogen (secondary N) is 2. The van der Waals surface area contributed by atoms with Crippen molar-refractivity contribution in [2.24, 2.45) is 5.92 Å². The number of rotatable bonds is 7. The summed E-state index contributed by atoms with van der Waals surface area (Å²) in [6, 6.07) is 9.00. The van der Waals surface area contributed by atoms with E-state index >= 15 is 0 Å². The molecule has 2 saturated heterocycles. The summed E-state index contributed by atoms with van der Waals surface area (Å²) in [6.07, 6.45) is 3.64. The van der Waals surface area contributed by atoms with Crippen molar-refractivity contribution in [1.29, 1.82) is 0 Å². The van der Waals surface area contributed by atoms with Crippen LogP contribution in [0.5, 0.6) is 0 Å². The van der Waals surface area contributed by atoms with Crippen LogP contribution in [0.25, 0.3) is 0 Å². The molecule has 1 atom stereocenters. The van der Waals surface area contributed by atoms with E-state index in [-0.39, 0.29) is 36.7 Å². The molecule has 29 heavy (non-hydrogen) atoms. The molecular formula is C20H30N4O4S. The van der Waals surface area contributed by atoms with Gasteiger partial charge < -0.3 is 15.1 Å². The first-order chi connectivity index (χ1) is 13.9. The van der Waals surface area contributed by atoms with Crippen molar-refractivity contribution in [2.45, 2.75) is 31.4 Å². The molecule has 3 rings (SSSR count). The average molecular weight is 423 g/mol. The normalized spacial score (nSPS) is 19.9. The van der Waals surface area contributed by atoms with E-state index < -0.39 is 10.0 Å². The Morgan fingerprint density at radius 3 is 2.38 bits per heavy atom. The van der Waals surface area contributed by atoms with Crippen LogP contribution >= 0.6 is 0 Å². The number of urea groups is 1. The number of hydrogen-bond donors (Lipinski definition) is 2. The number of likely N-dealkylation sites (tertiary alicyclic amines) is 2. The summed E-state index contributed by atoms with van der Waals surface area (Å²) < 4.78 is 26.8. The van der Waals surface area contributed by atoms with E-state index in [0.29, 0.717) is 18.7 Å². The number of carbonyl (C=O) groups excluding carboxylic acids is 2. The predicted octanol–water partition coefficient (Wildman–Crippen LogP) is 1.15. The number of hydrogen-bond acceptors (Lipinski definition) is 4. The van der Waals surface area contributed by atoms with Gasteiger partial charge in [-0.25, -0.2) is 17.9 Å². The van der Waals surface area contributed by atoms with Gasteiger partial charge in [0, 0.05) is 39.3 Å². The van der Waals surface area contributed by atoms with E-state index in [1.807, 2.05) is 11.0 Å². The molecule has 2 heterocycles. The van der Waals surface area contributed by atoms with Crippen LogP contribution < -0.4 is 10.0 Å². The first-order valence-corrected chi connectivity index (χ1v) is 11.9. The van der Waals surface area contributed by atoms with Gasteiger partial charge in [-0.2, -0.15) is 0 Å². The number of nitrogens with zero attached hydrogens (tertiary/aromatic N) is 2. The van der Waals surface area contributed by atoms with E-state index in [1.165, 1.54) is 0 Å². The number of piperidine rings is 1. The molecule has 0 aromatic heterocycles. The van der Waals surface area contributed by atoms with Gasteiger partial charge >= 0.3 is 6.03 Å². The Hall–Kier alpha value is -2.13. The zero-order valence-electron chi connectivity index (χ0n) is 16.7. The topological polar surface area (TPSA) is 98.8 Å². The Morgan fingerprint density at radius 1 is 0.966 bits per heavy atom. The maximum absolute atomic E-state index is 12.5. The Balaban J connectivity index is 1.39. The van der Waals surface area contributed by atoms with Crippen LogP contribution in [0.3, 0.4) is 0 Å². The molecule has 9 heteroatoms. The Morgan fingerprint density at radius 2 is 1.66 bits per heavy atom. The zero-order chi connectivity index (χ0) is 20.7. The van der Waals surface area contributed by atoms with Crippen molar-refractivity contribution in [3.8, 4) is 0 Å². The molecule has 0 aliphatic carbocycles. The third kappa shape index (κ3) is 6.43. The van der Waals surface area contributed by atoms with E-state index in [2.05, 4.69) is 10.0 Å². The molecular weight excluding hydrogens is 392 g/mol. The van der Waals surface area contributed by atoms with Gasteiger partial charge in [0.15, 0.2) is 0 Å².